The van der Waals surface area contributed by atoms with Crippen LogP contribution in [-0.2, 0) is 15.9 Å². The maximum absolute atomic E-state index is 5.67. The largest absolute Gasteiger partial charge is 0.379 e. The summed E-state index contributed by atoms with van der Waals surface area (Å²) in [6.45, 7) is 9.08. The number of nitrogens with one attached hydrogen (secondary N) is 2. The number of ether oxygens (including phenoxy) is 2. The van der Waals surface area contributed by atoms with Crippen LogP contribution in [0.5, 0.6) is 0 Å². The molecule has 0 spiro atoms. The van der Waals surface area contributed by atoms with Crippen LogP contribution in [0.25, 0.3) is 0 Å². The molecule has 1 heterocycles. The second-order valence-corrected chi connectivity index (χ2v) is 6.49. The summed E-state index contributed by atoms with van der Waals surface area (Å²) in [6, 6.07) is 8.64. The van der Waals surface area contributed by atoms with E-state index in [-0.39, 0.29) is 24.0 Å². The number of hydrogen-bond acceptors (Lipinski definition) is 3. The lowest BCUT2D eigenvalue weighted by atomic mass is 10.1. The molecule has 1 saturated heterocycles. The number of hydrogen-bond donors (Lipinski definition) is 2. The van der Waals surface area contributed by atoms with Crippen LogP contribution >= 0.6 is 24.0 Å². The standard InChI is InChI=1S/C20H33N3O2.HI/c1-3-21-20(23-12-10-18-8-4-7-17(2)15-18)22-11-6-13-24-16-19-9-5-14-25-19;/h4,7-8,15,19H,3,5-6,9-14,16H2,1-2H3,(H2,21,22,23);1H. The summed E-state index contributed by atoms with van der Waals surface area (Å²) in [6.07, 6.45) is 4.54. The molecule has 0 aliphatic carbocycles. The number of guanidine groups is 1. The van der Waals surface area contributed by atoms with E-state index in [1.54, 1.807) is 0 Å². The predicted octanol–water partition coefficient (Wildman–Crippen LogP) is 3.30. The monoisotopic (exact) mass is 475 g/mol. The Labute approximate surface area is 175 Å². The van der Waals surface area contributed by atoms with Gasteiger partial charge in [-0.3, -0.25) is 4.99 Å². The highest BCUT2D eigenvalue weighted by Gasteiger charge is 2.14. The number of halogens is 1. The number of benzene rings is 1. The van der Waals surface area contributed by atoms with Gasteiger partial charge in [0.15, 0.2) is 5.96 Å². The van der Waals surface area contributed by atoms with Crippen molar-refractivity contribution in [1.29, 1.82) is 0 Å². The van der Waals surface area contributed by atoms with Crippen molar-refractivity contribution in [3.63, 3.8) is 0 Å². The van der Waals surface area contributed by atoms with Gasteiger partial charge in [-0.1, -0.05) is 29.8 Å². The summed E-state index contributed by atoms with van der Waals surface area (Å²) in [5.41, 5.74) is 2.66. The highest BCUT2D eigenvalue weighted by molar-refractivity contribution is 14.0. The smallest absolute Gasteiger partial charge is 0.191 e. The molecule has 1 fully saturated rings. The fourth-order valence-corrected chi connectivity index (χ4v) is 2.88. The normalized spacial score (nSPS) is 17.0. The second-order valence-electron chi connectivity index (χ2n) is 6.49. The summed E-state index contributed by atoms with van der Waals surface area (Å²) < 4.78 is 11.2. The third-order valence-electron chi connectivity index (χ3n) is 4.18. The molecule has 0 radical (unpaired) electrons. The molecule has 0 saturated carbocycles. The first kappa shape index (κ1) is 23.2. The molecule has 1 aromatic rings. The Kier molecular flexibility index (Phi) is 12.7. The van der Waals surface area contributed by atoms with Gasteiger partial charge in [0.25, 0.3) is 0 Å². The van der Waals surface area contributed by atoms with Crippen LogP contribution in [0, 0.1) is 6.92 Å². The molecule has 0 amide bonds. The van der Waals surface area contributed by atoms with Crippen molar-refractivity contribution in [2.45, 2.75) is 45.6 Å². The third-order valence-corrected chi connectivity index (χ3v) is 4.18. The van der Waals surface area contributed by atoms with Crippen LogP contribution in [0.3, 0.4) is 0 Å². The predicted molar refractivity (Wildman–Crippen MR) is 119 cm³/mol. The molecule has 1 aliphatic heterocycles. The van der Waals surface area contributed by atoms with Crippen molar-refractivity contribution in [3.05, 3.63) is 35.4 Å². The topological polar surface area (TPSA) is 54.9 Å². The van der Waals surface area contributed by atoms with Crippen molar-refractivity contribution in [3.8, 4) is 0 Å². The van der Waals surface area contributed by atoms with Gasteiger partial charge in [0.2, 0.25) is 0 Å². The first-order valence-electron chi connectivity index (χ1n) is 9.55. The molecule has 1 aliphatic rings. The molecule has 1 aromatic carbocycles. The van der Waals surface area contributed by atoms with Gasteiger partial charge in [-0.25, -0.2) is 0 Å². The minimum absolute atomic E-state index is 0. The minimum atomic E-state index is 0. The minimum Gasteiger partial charge on any atom is -0.379 e. The zero-order chi connectivity index (χ0) is 17.7. The molecule has 1 atom stereocenters. The van der Waals surface area contributed by atoms with Crippen LogP contribution in [0.2, 0.25) is 0 Å². The van der Waals surface area contributed by atoms with Gasteiger partial charge in [-0.15, -0.1) is 24.0 Å². The van der Waals surface area contributed by atoms with Gasteiger partial charge in [0, 0.05) is 32.8 Å². The van der Waals surface area contributed by atoms with Gasteiger partial charge < -0.3 is 20.1 Å². The number of nitrogens with zero attached hydrogens (tertiary/aromatic N) is 1. The summed E-state index contributed by atoms with van der Waals surface area (Å²) in [4.78, 5) is 4.61. The van der Waals surface area contributed by atoms with Gasteiger partial charge in [-0.2, -0.15) is 0 Å². The van der Waals surface area contributed by atoms with E-state index in [0.29, 0.717) is 6.10 Å². The van der Waals surface area contributed by atoms with Crippen molar-refractivity contribution >= 4 is 29.9 Å². The first-order valence-corrected chi connectivity index (χ1v) is 9.55. The molecule has 2 rings (SSSR count). The molecular weight excluding hydrogens is 441 g/mol. The lowest BCUT2D eigenvalue weighted by Crippen LogP contribution is -2.38. The highest BCUT2D eigenvalue weighted by Crippen LogP contribution is 2.11. The average molecular weight is 475 g/mol. The van der Waals surface area contributed by atoms with Crippen molar-refractivity contribution < 1.29 is 9.47 Å². The first-order chi connectivity index (χ1) is 12.3. The molecule has 0 aromatic heterocycles. The van der Waals surface area contributed by atoms with E-state index in [2.05, 4.69) is 53.7 Å². The van der Waals surface area contributed by atoms with Gasteiger partial charge in [0.1, 0.15) is 0 Å². The molecule has 1 unspecified atom stereocenters. The Balaban J connectivity index is 0.00000338. The summed E-state index contributed by atoms with van der Waals surface area (Å²) in [5, 5.41) is 6.70. The van der Waals surface area contributed by atoms with Gasteiger partial charge in [-0.05, 0) is 45.1 Å². The Morgan fingerprint density at radius 2 is 2.23 bits per heavy atom. The molecule has 2 N–H and O–H groups in total. The van der Waals surface area contributed by atoms with Gasteiger partial charge >= 0.3 is 0 Å². The van der Waals surface area contributed by atoms with Crippen molar-refractivity contribution in [2.24, 2.45) is 4.99 Å². The van der Waals surface area contributed by atoms with Crippen LogP contribution in [0.15, 0.2) is 29.3 Å². The number of aryl methyl sites for hydroxylation is 1. The number of aliphatic imine (C=N–C) groups is 1. The molecular formula is C20H34IN3O2. The Morgan fingerprint density at radius 1 is 1.35 bits per heavy atom. The van der Waals surface area contributed by atoms with E-state index in [9.17, 15) is 0 Å². The fourth-order valence-electron chi connectivity index (χ4n) is 2.88. The van der Waals surface area contributed by atoms with E-state index in [1.807, 2.05) is 0 Å². The summed E-state index contributed by atoms with van der Waals surface area (Å²) in [7, 11) is 0. The number of rotatable bonds is 10. The molecule has 26 heavy (non-hydrogen) atoms. The Hall–Kier alpha value is -0.860. The van der Waals surface area contributed by atoms with E-state index in [1.165, 1.54) is 17.5 Å². The van der Waals surface area contributed by atoms with E-state index in [4.69, 9.17) is 9.47 Å². The molecule has 0 bridgehead atoms. The van der Waals surface area contributed by atoms with Crippen LogP contribution in [-0.4, -0.2) is 51.5 Å². The fraction of sp³-hybridized carbons (Fsp3) is 0.650. The van der Waals surface area contributed by atoms with Crippen molar-refractivity contribution in [2.75, 3.05) is 39.5 Å². The summed E-state index contributed by atoms with van der Waals surface area (Å²) in [5.74, 6) is 0.884. The quantitative estimate of drug-likeness (QED) is 0.236. The lowest BCUT2D eigenvalue weighted by Gasteiger charge is -2.12. The Morgan fingerprint density at radius 3 is 2.96 bits per heavy atom. The van der Waals surface area contributed by atoms with E-state index in [0.717, 1.165) is 64.7 Å². The van der Waals surface area contributed by atoms with Crippen molar-refractivity contribution in [1.82, 2.24) is 10.6 Å². The average Bonchev–Trinajstić information content (AvgIpc) is 3.11. The Bertz CT molecular complexity index is 520. The summed E-state index contributed by atoms with van der Waals surface area (Å²) >= 11 is 0. The van der Waals surface area contributed by atoms with E-state index >= 15 is 0 Å². The second kappa shape index (κ2) is 14.2. The van der Waals surface area contributed by atoms with E-state index < -0.39 is 0 Å². The van der Waals surface area contributed by atoms with Crippen LogP contribution in [0.1, 0.15) is 37.3 Å². The van der Waals surface area contributed by atoms with Gasteiger partial charge in [0.05, 0.1) is 12.7 Å². The zero-order valence-corrected chi connectivity index (χ0v) is 18.5. The maximum atomic E-state index is 5.67. The van der Waals surface area contributed by atoms with Crippen LogP contribution < -0.4 is 10.6 Å². The van der Waals surface area contributed by atoms with Crippen LogP contribution in [0.4, 0.5) is 0 Å². The molecule has 6 heteroatoms. The molecule has 148 valence electrons. The highest BCUT2D eigenvalue weighted by atomic mass is 127. The SMILES string of the molecule is CCNC(=NCCCOCC1CCCO1)NCCc1cccc(C)c1.I. The molecule has 5 nitrogen and oxygen atoms in total. The maximum Gasteiger partial charge on any atom is 0.191 e. The zero-order valence-electron chi connectivity index (χ0n) is 16.1. The lowest BCUT2D eigenvalue weighted by molar-refractivity contribution is 0.0171. The third kappa shape index (κ3) is 9.73.